The molecule has 0 saturated carbocycles. The minimum absolute atomic E-state index is 0.197. The molecule has 0 aromatic carbocycles. The first kappa shape index (κ1) is 11.0. The first-order valence-electron chi connectivity index (χ1n) is 5.55. The van der Waals surface area contributed by atoms with Crippen molar-refractivity contribution in [2.75, 3.05) is 5.75 Å². The Morgan fingerprint density at radius 3 is 2.87 bits per heavy atom. The minimum atomic E-state index is -0.197. The van der Waals surface area contributed by atoms with Crippen molar-refractivity contribution in [3.63, 3.8) is 0 Å². The molecule has 0 bridgehead atoms. The lowest BCUT2D eigenvalue weighted by atomic mass is 10.0. The van der Waals surface area contributed by atoms with Gasteiger partial charge in [0.05, 0.1) is 6.10 Å². The van der Waals surface area contributed by atoms with Crippen LogP contribution in [0.1, 0.15) is 24.8 Å². The third-order valence-electron chi connectivity index (χ3n) is 2.84. The predicted octanol–water partition coefficient (Wildman–Crippen LogP) is 2.27. The molecule has 0 aliphatic carbocycles. The highest BCUT2D eigenvalue weighted by molar-refractivity contribution is 8.00. The maximum Gasteiger partial charge on any atom is 0.0699 e. The summed E-state index contributed by atoms with van der Waals surface area (Å²) in [5.74, 6) is 1.21. The van der Waals surface area contributed by atoms with Gasteiger partial charge in [-0.1, -0.05) is 6.42 Å². The maximum absolute atomic E-state index is 10.1. The van der Waals surface area contributed by atoms with Gasteiger partial charge in [0.25, 0.3) is 0 Å². The van der Waals surface area contributed by atoms with Gasteiger partial charge in [-0.3, -0.25) is 4.98 Å². The lowest BCUT2D eigenvalue weighted by molar-refractivity contribution is 0.166. The molecule has 0 radical (unpaired) electrons. The predicted molar refractivity (Wildman–Crippen MR) is 64.0 cm³/mol. The van der Waals surface area contributed by atoms with Crippen molar-refractivity contribution >= 4 is 11.8 Å². The Balaban J connectivity index is 1.88. The van der Waals surface area contributed by atoms with Gasteiger partial charge in [0, 0.05) is 17.6 Å². The Labute approximate surface area is 95.1 Å². The molecule has 2 atom stereocenters. The summed E-state index contributed by atoms with van der Waals surface area (Å²) in [6.07, 6.45) is 7.88. The number of hydrogen-bond donors (Lipinski definition) is 1. The molecule has 82 valence electrons. The summed E-state index contributed by atoms with van der Waals surface area (Å²) < 4.78 is 0. The number of rotatable bonds is 3. The molecule has 1 aromatic rings. The van der Waals surface area contributed by atoms with Gasteiger partial charge in [0.15, 0.2) is 0 Å². The van der Waals surface area contributed by atoms with Crippen LogP contribution in [0.3, 0.4) is 0 Å². The quantitative estimate of drug-likeness (QED) is 0.853. The Hall–Kier alpha value is -0.540. The number of thioether (sulfide) groups is 1. The Morgan fingerprint density at radius 1 is 1.40 bits per heavy atom. The fourth-order valence-electron chi connectivity index (χ4n) is 1.96. The zero-order valence-electron chi connectivity index (χ0n) is 8.80. The first-order valence-corrected chi connectivity index (χ1v) is 6.60. The second-order valence-corrected chi connectivity index (χ2v) is 5.38. The maximum atomic E-state index is 10.1. The Kier molecular flexibility index (Phi) is 4.03. The van der Waals surface area contributed by atoms with Crippen LogP contribution in [0.4, 0.5) is 0 Å². The summed E-state index contributed by atoms with van der Waals surface area (Å²) in [7, 11) is 0. The van der Waals surface area contributed by atoms with E-state index in [0.29, 0.717) is 5.25 Å². The van der Waals surface area contributed by atoms with E-state index >= 15 is 0 Å². The SMILES string of the molecule is OC(Cc1ccncc1)C1CCCCS1. The highest BCUT2D eigenvalue weighted by Crippen LogP contribution is 2.28. The highest BCUT2D eigenvalue weighted by atomic mass is 32.2. The molecule has 1 fully saturated rings. The number of aliphatic hydroxyl groups excluding tert-OH is 1. The molecule has 0 spiro atoms. The zero-order valence-corrected chi connectivity index (χ0v) is 9.62. The minimum Gasteiger partial charge on any atom is -0.392 e. The molecule has 1 aliphatic heterocycles. The molecule has 15 heavy (non-hydrogen) atoms. The summed E-state index contributed by atoms with van der Waals surface area (Å²) in [5.41, 5.74) is 1.18. The van der Waals surface area contributed by atoms with E-state index in [1.807, 2.05) is 23.9 Å². The molecule has 2 rings (SSSR count). The molecule has 2 heterocycles. The largest absolute Gasteiger partial charge is 0.392 e. The van der Waals surface area contributed by atoms with Crippen LogP contribution in [-0.4, -0.2) is 27.2 Å². The van der Waals surface area contributed by atoms with E-state index in [0.717, 1.165) is 12.8 Å². The molecule has 1 aliphatic rings. The number of hydrogen-bond acceptors (Lipinski definition) is 3. The van der Waals surface area contributed by atoms with Gasteiger partial charge in [-0.05, 0) is 42.7 Å². The Bertz CT molecular complexity index is 285. The van der Waals surface area contributed by atoms with Crippen LogP contribution in [0.5, 0.6) is 0 Å². The van der Waals surface area contributed by atoms with E-state index in [9.17, 15) is 5.11 Å². The Morgan fingerprint density at radius 2 is 2.20 bits per heavy atom. The van der Waals surface area contributed by atoms with Crippen molar-refractivity contribution in [2.24, 2.45) is 0 Å². The van der Waals surface area contributed by atoms with Crippen molar-refractivity contribution in [3.8, 4) is 0 Å². The fourth-order valence-corrected chi connectivity index (χ4v) is 3.29. The molecule has 1 N–H and O–H groups in total. The summed E-state index contributed by atoms with van der Waals surface area (Å²) >= 11 is 1.92. The van der Waals surface area contributed by atoms with E-state index in [1.54, 1.807) is 12.4 Å². The standard InChI is InChI=1S/C12H17NOS/c14-11(12-3-1-2-8-15-12)9-10-4-6-13-7-5-10/h4-7,11-12,14H,1-3,8-9H2. The summed E-state index contributed by atoms with van der Waals surface area (Å²) in [6.45, 7) is 0. The van der Waals surface area contributed by atoms with Gasteiger partial charge in [0.2, 0.25) is 0 Å². The second-order valence-electron chi connectivity index (χ2n) is 4.03. The summed E-state index contributed by atoms with van der Waals surface area (Å²) in [5, 5.41) is 10.5. The van der Waals surface area contributed by atoms with Crippen molar-refractivity contribution in [2.45, 2.75) is 37.0 Å². The molecule has 0 amide bonds. The van der Waals surface area contributed by atoms with E-state index in [2.05, 4.69) is 4.98 Å². The second kappa shape index (κ2) is 5.52. The van der Waals surface area contributed by atoms with Crippen molar-refractivity contribution in [1.82, 2.24) is 4.98 Å². The van der Waals surface area contributed by atoms with Crippen molar-refractivity contribution in [1.29, 1.82) is 0 Å². The average molecular weight is 223 g/mol. The van der Waals surface area contributed by atoms with Crippen LogP contribution in [0, 0.1) is 0 Å². The van der Waals surface area contributed by atoms with E-state index in [4.69, 9.17) is 0 Å². The summed E-state index contributed by atoms with van der Waals surface area (Å²) in [6, 6.07) is 3.97. The van der Waals surface area contributed by atoms with Crippen LogP contribution in [-0.2, 0) is 6.42 Å². The average Bonchev–Trinajstić information content (AvgIpc) is 2.31. The number of nitrogens with zero attached hydrogens (tertiary/aromatic N) is 1. The van der Waals surface area contributed by atoms with Gasteiger partial charge >= 0.3 is 0 Å². The lowest BCUT2D eigenvalue weighted by Gasteiger charge is -2.26. The van der Waals surface area contributed by atoms with Crippen LogP contribution in [0.2, 0.25) is 0 Å². The van der Waals surface area contributed by atoms with Gasteiger partial charge in [-0.25, -0.2) is 0 Å². The normalized spacial score (nSPS) is 23.7. The molecule has 1 saturated heterocycles. The number of aliphatic hydroxyl groups is 1. The van der Waals surface area contributed by atoms with Crippen molar-refractivity contribution in [3.05, 3.63) is 30.1 Å². The third-order valence-corrected chi connectivity index (χ3v) is 4.34. The smallest absolute Gasteiger partial charge is 0.0699 e. The van der Waals surface area contributed by atoms with Crippen molar-refractivity contribution < 1.29 is 5.11 Å². The number of aromatic nitrogens is 1. The molecular weight excluding hydrogens is 206 g/mol. The molecular formula is C12H17NOS. The molecule has 3 heteroatoms. The van der Waals surface area contributed by atoms with Gasteiger partial charge < -0.3 is 5.11 Å². The van der Waals surface area contributed by atoms with Crippen LogP contribution < -0.4 is 0 Å². The third kappa shape index (κ3) is 3.21. The van der Waals surface area contributed by atoms with Gasteiger partial charge in [0.1, 0.15) is 0 Å². The lowest BCUT2D eigenvalue weighted by Crippen LogP contribution is -2.27. The molecule has 1 aromatic heterocycles. The molecule has 2 unspecified atom stereocenters. The van der Waals surface area contributed by atoms with E-state index < -0.39 is 0 Å². The zero-order chi connectivity index (χ0) is 10.5. The van der Waals surface area contributed by atoms with Gasteiger partial charge in [-0.15, -0.1) is 0 Å². The molecule has 2 nitrogen and oxygen atoms in total. The van der Waals surface area contributed by atoms with Crippen LogP contribution in [0.15, 0.2) is 24.5 Å². The highest BCUT2D eigenvalue weighted by Gasteiger charge is 2.22. The van der Waals surface area contributed by atoms with Crippen LogP contribution >= 0.6 is 11.8 Å². The first-order chi connectivity index (χ1) is 7.36. The number of pyridine rings is 1. The van der Waals surface area contributed by atoms with E-state index in [1.165, 1.54) is 24.2 Å². The van der Waals surface area contributed by atoms with E-state index in [-0.39, 0.29) is 6.10 Å². The van der Waals surface area contributed by atoms with Gasteiger partial charge in [-0.2, -0.15) is 11.8 Å². The summed E-state index contributed by atoms with van der Waals surface area (Å²) in [4.78, 5) is 3.98. The topological polar surface area (TPSA) is 33.1 Å². The monoisotopic (exact) mass is 223 g/mol. The fraction of sp³-hybridized carbons (Fsp3) is 0.583. The van der Waals surface area contributed by atoms with Crippen LogP contribution in [0.25, 0.3) is 0 Å².